The second-order valence-electron chi connectivity index (χ2n) is 6.69. The number of amides is 2. The number of benzene rings is 2. The van der Waals surface area contributed by atoms with Crippen molar-refractivity contribution in [3.8, 4) is 0 Å². The Labute approximate surface area is 150 Å². The van der Waals surface area contributed by atoms with E-state index in [1.807, 2.05) is 45.9 Å². The van der Waals surface area contributed by atoms with E-state index < -0.39 is 0 Å². The van der Waals surface area contributed by atoms with E-state index in [9.17, 15) is 9.59 Å². The van der Waals surface area contributed by atoms with Gasteiger partial charge in [0.05, 0.1) is 0 Å². The maximum absolute atomic E-state index is 12.3. The molecule has 2 aromatic rings. The molecule has 0 spiro atoms. The number of aryl methyl sites for hydroxylation is 1. The lowest BCUT2D eigenvalue weighted by atomic mass is 10.1. The maximum Gasteiger partial charge on any atom is 0.255 e. The molecule has 0 bridgehead atoms. The standard InChI is InChI=1S/C19H21BrN2O2/c1-12-11-15(20)9-10-16(12)21-17(23)13-5-7-14(8-6-13)18(24)22-19(2,3)4/h5-11H,1-4H3,(H,21,23)(H,22,24). The lowest BCUT2D eigenvalue weighted by Crippen LogP contribution is -2.40. The molecule has 0 saturated carbocycles. The molecule has 5 heteroatoms. The molecule has 24 heavy (non-hydrogen) atoms. The molecule has 2 aromatic carbocycles. The molecule has 0 fully saturated rings. The lowest BCUT2D eigenvalue weighted by Gasteiger charge is -2.20. The summed E-state index contributed by atoms with van der Waals surface area (Å²) in [6.07, 6.45) is 0. The molecule has 0 aliphatic heterocycles. The average molecular weight is 389 g/mol. The Morgan fingerprint density at radius 2 is 1.46 bits per heavy atom. The summed E-state index contributed by atoms with van der Waals surface area (Å²) in [5.74, 6) is -0.360. The van der Waals surface area contributed by atoms with E-state index in [-0.39, 0.29) is 17.4 Å². The molecule has 0 aliphatic rings. The molecule has 0 unspecified atom stereocenters. The largest absolute Gasteiger partial charge is 0.347 e. The Bertz CT molecular complexity index is 762. The molecule has 126 valence electrons. The second kappa shape index (κ2) is 7.18. The molecule has 2 N–H and O–H groups in total. The quantitative estimate of drug-likeness (QED) is 0.810. The summed E-state index contributed by atoms with van der Waals surface area (Å²) >= 11 is 3.40. The van der Waals surface area contributed by atoms with Crippen molar-refractivity contribution in [2.45, 2.75) is 33.2 Å². The van der Waals surface area contributed by atoms with Crippen LogP contribution in [0.2, 0.25) is 0 Å². The third kappa shape index (κ3) is 4.93. The van der Waals surface area contributed by atoms with Crippen LogP contribution in [-0.2, 0) is 0 Å². The van der Waals surface area contributed by atoms with Gasteiger partial charge in [0.2, 0.25) is 0 Å². The van der Waals surface area contributed by atoms with Crippen molar-refractivity contribution in [1.29, 1.82) is 0 Å². The zero-order valence-corrected chi connectivity index (χ0v) is 15.8. The molecule has 0 radical (unpaired) electrons. The van der Waals surface area contributed by atoms with Gasteiger partial charge in [0.15, 0.2) is 0 Å². The van der Waals surface area contributed by atoms with Gasteiger partial charge in [-0.05, 0) is 75.7 Å². The Morgan fingerprint density at radius 3 is 1.96 bits per heavy atom. The average Bonchev–Trinajstić information content (AvgIpc) is 2.48. The number of carbonyl (C=O) groups is 2. The van der Waals surface area contributed by atoms with Crippen LogP contribution < -0.4 is 10.6 Å². The van der Waals surface area contributed by atoms with Gasteiger partial charge in [0.25, 0.3) is 11.8 Å². The fourth-order valence-electron chi connectivity index (χ4n) is 2.15. The molecule has 2 amide bonds. The number of anilines is 1. The van der Waals surface area contributed by atoms with Gasteiger partial charge in [-0.2, -0.15) is 0 Å². The first-order valence-electron chi connectivity index (χ1n) is 7.66. The molecule has 4 nitrogen and oxygen atoms in total. The van der Waals surface area contributed by atoms with Gasteiger partial charge in [0, 0.05) is 26.8 Å². The van der Waals surface area contributed by atoms with Crippen LogP contribution in [0.15, 0.2) is 46.9 Å². The second-order valence-corrected chi connectivity index (χ2v) is 7.61. The first kappa shape index (κ1) is 18.2. The van der Waals surface area contributed by atoms with E-state index >= 15 is 0 Å². The van der Waals surface area contributed by atoms with Crippen LogP contribution in [0, 0.1) is 6.92 Å². The van der Waals surface area contributed by atoms with E-state index in [4.69, 9.17) is 0 Å². The van der Waals surface area contributed by atoms with Gasteiger partial charge in [0.1, 0.15) is 0 Å². The molecular weight excluding hydrogens is 368 g/mol. The molecule has 0 heterocycles. The third-order valence-corrected chi connectivity index (χ3v) is 3.83. The van der Waals surface area contributed by atoms with Crippen LogP contribution in [0.5, 0.6) is 0 Å². The van der Waals surface area contributed by atoms with Crippen molar-refractivity contribution >= 4 is 33.4 Å². The van der Waals surface area contributed by atoms with Crippen molar-refractivity contribution < 1.29 is 9.59 Å². The summed E-state index contributed by atoms with van der Waals surface area (Å²) in [6.45, 7) is 7.70. The first-order valence-corrected chi connectivity index (χ1v) is 8.45. The zero-order valence-electron chi connectivity index (χ0n) is 14.2. The third-order valence-electron chi connectivity index (χ3n) is 3.33. The van der Waals surface area contributed by atoms with Crippen LogP contribution >= 0.6 is 15.9 Å². The van der Waals surface area contributed by atoms with Gasteiger partial charge >= 0.3 is 0 Å². The topological polar surface area (TPSA) is 58.2 Å². The van der Waals surface area contributed by atoms with Crippen LogP contribution in [0.3, 0.4) is 0 Å². The van der Waals surface area contributed by atoms with Crippen molar-refractivity contribution in [3.63, 3.8) is 0 Å². The first-order chi connectivity index (χ1) is 11.2. The Hall–Kier alpha value is -2.14. The summed E-state index contributed by atoms with van der Waals surface area (Å²) in [4.78, 5) is 24.4. The maximum atomic E-state index is 12.3. The zero-order chi connectivity index (χ0) is 17.9. The number of nitrogens with one attached hydrogen (secondary N) is 2. The van der Waals surface area contributed by atoms with E-state index in [1.165, 1.54) is 0 Å². The summed E-state index contributed by atoms with van der Waals surface area (Å²) in [5.41, 5.74) is 2.47. The Kier molecular flexibility index (Phi) is 5.44. The fourth-order valence-corrected chi connectivity index (χ4v) is 2.62. The number of rotatable bonds is 3. The highest BCUT2D eigenvalue weighted by molar-refractivity contribution is 9.10. The van der Waals surface area contributed by atoms with E-state index in [0.29, 0.717) is 11.1 Å². The van der Waals surface area contributed by atoms with E-state index in [0.717, 1.165) is 15.7 Å². The molecule has 0 saturated heterocycles. The van der Waals surface area contributed by atoms with Crippen LogP contribution in [0.1, 0.15) is 47.1 Å². The minimum atomic E-state index is -0.299. The van der Waals surface area contributed by atoms with Crippen molar-refractivity contribution in [3.05, 3.63) is 63.6 Å². The van der Waals surface area contributed by atoms with Gasteiger partial charge in [-0.25, -0.2) is 0 Å². The summed E-state index contributed by atoms with van der Waals surface area (Å²) in [5, 5.41) is 5.77. The van der Waals surface area contributed by atoms with Crippen molar-refractivity contribution in [2.24, 2.45) is 0 Å². The summed E-state index contributed by atoms with van der Waals surface area (Å²) < 4.78 is 0.965. The number of carbonyl (C=O) groups excluding carboxylic acids is 2. The predicted molar refractivity (Wildman–Crippen MR) is 100 cm³/mol. The molecule has 0 atom stereocenters. The molecule has 0 aliphatic carbocycles. The lowest BCUT2D eigenvalue weighted by molar-refractivity contribution is 0.0918. The Balaban J connectivity index is 2.10. The minimum absolute atomic E-state index is 0.154. The SMILES string of the molecule is Cc1cc(Br)ccc1NC(=O)c1ccc(C(=O)NC(C)(C)C)cc1. The van der Waals surface area contributed by atoms with Crippen molar-refractivity contribution in [2.75, 3.05) is 5.32 Å². The highest BCUT2D eigenvalue weighted by Gasteiger charge is 2.16. The van der Waals surface area contributed by atoms with Gasteiger partial charge in [-0.1, -0.05) is 15.9 Å². The monoisotopic (exact) mass is 388 g/mol. The van der Waals surface area contributed by atoms with E-state index in [1.54, 1.807) is 24.3 Å². The van der Waals surface area contributed by atoms with Gasteiger partial charge in [-0.15, -0.1) is 0 Å². The number of hydrogen-bond donors (Lipinski definition) is 2. The minimum Gasteiger partial charge on any atom is -0.347 e. The molecule has 2 rings (SSSR count). The highest BCUT2D eigenvalue weighted by Crippen LogP contribution is 2.20. The number of hydrogen-bond acceptors (Lipinski definition) is 2. The smallest absolute Gasteiger partial charge is 0.255 e. The van der Waals surface area contributed by atoms with E-state index in [2.05, 4.69) is 26.6 Å². The fraction of sp³-hybridized carbons (Fsp3) is 0.263. The Morgan fingerprint density at radius 1 is 0.917 bits per heavy atom. The normalized spacial score (nSPS) is 11.0. The van der Waals surface area contributed by atoms with Gasteiger partial charge < -0.3 is 10.6 Å². The summed E-state index contributed by atoms with van der Waals surface area (Å²) in [6, 6.07) is 12.3. The van der Waals surface area contributed by atoms with Crippen LogP contribution in [-0.4, -0.2) is 17.4 Å². The van der Waals surface area contributed by atoms with Gasteiger partial charge in [-0.3, -0.25) is 9.59 Å². The van der Waals surface area contributed by atoms with Crippen LogP contribution in [0.4, 0.5) is 5.69 Å². The van der Waals surface area contributed by atoms with Crippen molar-refractivity contribution in [1.82, 2.24) is 5.32 Å². The van der Waals surface area contributed by atoms with Crippen LogP contribution in [0.25, 0.3) is 0 Å². The molecule has 0 aromatic heterocycles. The predicted octanol–water partition coefficient (Wildman–Crippen LogP) is 4.54. The highest BCUT2D eigenvalue weighted by atomic mass is 79.9. The molecular formula is C19H21BrN2O2. The summed E-state index contributed by atoms with van der Waals surface area (Å²) in [7, 11) is 0. The number of halogens is 1.